The van der Waals surface area contributed by atoms with Crippen molar-refractivity contribution in [3.63, 3.8) is 0 Å². The maximum atomic E-state index is 12.3. The van der Waals surface area contributed by atoms with E-state index in [0.717, 1.165) is 37.0 Å². The highest BCUT2D eigenvalue weighted by Gasteiger charge is 2.29. The lowest BCUT2D eigenvalue weighted by Crippen LogP contribution is -2.41. The highest BCUT2D eigenvalue weighted by Crippen LogP contribution is 2.35. The molecule has 2 rings (SSSR count). The SMILES string of the molecule is CCC1CCCCC1NS(=O)(=O)c1cc(Cl)c(Br)s1. The lowest BCUT2D eigenvalue weighted by molar-refractivity contribution is 0.282. The van der Waals surface area contributed by atoms with Crippen LogP contribution in [-0.4, -0.2) is 14.5 Å². The van der Waals surface area contributed by atoms with E-state index in [1.807, 2.05) is 0 Å². The fourth-order valence-corrected chi connectivity index (χ4v) is 6.32. The molecule has 1 aromatic heterocycles. The normalized spacial score (nSPS) is 24.6. The second-order valence-corrected chi connectivity index (χ2v) is 9.59. The molecular weight excluding hydrogens is 370 g/mol. The average molecular weight is 387 g/mol. The van der Waals surface area contributed by atoms with Crippen molar-refractivity contribution < 1.29 is 8.42 Å². The molecule has 1 heterocycles. The summed E-state index contributed by atoms with van der Waals surface area (Å²) < 4.78 is 28.5. The van der Waals surface area contributed by atoms with Gasteiger partial charge in [-0.1, -0.05) is 37.8 Å². The Balaban J connectivity index is 2.16. The molecular formula is C12H17BrClNO2S2. The third-order valence-electron chi connectivity index (χ3n) is 3.63. The molecule has 0 bridgehead atoms. The Morgan fingerprint density at radius 1 is 1.47 bits per heavy atom. The minimum atomic E-state index is -3.45. The quantitative estimate of drug-likeness (QED) is 0.833. The molecule has 1 aliphatic carbocycles. The van der Waals surface area contributed by atoms with Gasteiger partial charge in [-0.2, -0.15) is 0 Å². The van der Waals surface area contributed by atoms with Crippen LogP contribution in [0.4, 0.5) is 0 Å². The Morgan fingerprint density at radius 3 is 2.74 bits per heavy atom. The van der Waals surface area contributed by atoms with E-state index in [0.29, 0.717) is 14.7 Å². The molecule has 2 atom stereocenters. The summed E-state index contributed by atoms with van der Waals surface area (Å²) in [7, 11) is -3.45. The molecule has 0 spiro atoms. The summed E-state index contributed by atoms with van der Waals surface area (Å²) in [4.78, 5) is 0. The van der Waals surface area contributed by atoms with Crippen LogP contribution in [0.5, 0.6) is 0 Å². The van der Waals surface area contributed by atoms with Crippen LogP contribution in [0.3, 0.4) is 0 Å². The lowest BCUT2D eigenvalue weighted by Gasteiger charge is -2.31. The number of halogens is 2. The van der Waals surface area contributed by atoms with E-state index in [4.69, 9.17) is 11.6 Å². The van der Waals surface area contributed by atoms with Crippen LogP contribution < -0.4 is 4.72 Å². The first-order chi connectivity index (χ1) is 8.94. The molecule has 108 valence electrons. The molecule has 7 heteroatoms. The van der Waals surface area contributed by atoms with E-state index in [2.05, 4.69) is 27.6 Å². The van der Waals surface area contributed by atoms with Crippen LogP contribution in [0.2, 0.25) is 5.02 Å². The van der Waals surface area contributed by atoms with Gasteiger partial charge in [0.15, 0.2) is 0 Å². The predicted octanol–water partition coefficient (Wildman–Crippen LogP) is 4.41. The Hall–Kier alpha value is 0.380. The Labute approximate surface area is 131 Å². The molecule has 0 saturated heterocycles. The summed E-state index contributed by atoms with van der Waals surface area (Å²) in [6.07, 6.45) is 5.35. The summed E-state index contributed by atoms with van der Waals surface area (Å²) in [5, 5.41) is 0.445. The van der Waals surface area contributed by atoms with Gasteiger partial charge in [-0.15, -0.1) is 11.3 Å². The summed E-state index contributed by atoms with van der Waals surface area (Å²) >= 11 is 10.3. The maximum Gasteiger partial charge on any atom is 0.250 e. The largest absolute Gasteiger partial charge is 0.250 e. The average Bonchev–Trinajstić information content (AvgIpc) is 2.71. The van der Waals surface area contributed by atoms with Crippen LogP contribution in [0.15, 0.2) is 14.1 Å². The Morgan fingerprint density at radius 2 is 2.16 bits per heavy atom. The van der Waals surface area contributed by atoms with Crippen LogP contribution in [0, 0.1) is 5.92 Å². The third kappa shape index (κ3) is 3.73. The van der Waals surface area contributed by atoms with Crippen LogP contribution in [0.25, 0.3) is 0 Å². The van der Waals surface area contributed by atoms with E-state index < -0.39 is 10.0 Å². The molecule has 1 N–H and O–H groups in total. The monoisotopic (exact) mass is 385 g/mol. The third-order valence-corrected chi connectivity index (χ3v) is 8.07. The summed E-state index contributed by atoms with van der Waals surface area (Å²) in [5.41, 5.74) is 0. The lowest BCUT2D eigenvalue weighted by atomic mass is 9.83. The number of sulfonamides is 1. The van der Waals surface area contributed by atoms with Crippen molar-refractivity contribution in [1.82, 2.24) is 4.72 Å². The molecule has 19 heavy (non-hydrogen) atoms. The highest BCUT2D eigenvalue weighted by molar-refractivity contribution is 9.11. The van der Waals surface area contributed by atoms with Gasteiger partial charge in [0, 0.05) is 6.04 Å². The molecule has 0 aromatic carbocycles. The van der Waals surface area contributed by atoms with E-state index in [-0.39, 0.29) is 10.3 Å². The van der Waals surface area contributed by atoms with Gasteiger partial charge in [0.05, 0.1) is 8.81 Å². The minimum Gasteiger partial charge on any atom is -0.207 e. The second kappa shape index (κ2) is 6.43. The number of thiophene rings is 1. The van der Waals surface area contributed by atoms with Gasteiger partial charge in [-0.25, -0.2) is 13.1 Å². The Bertz CT molecular complexity index is 524. The molecule has 1 aliphatic rings. The fraction of sp³-hybridized carbons (Fsp3) is 0.667. The molecule has 0 amide bonds. The van der Waals surface area contributed by atoms with Crippen molar-refractivity contribution in [3.8, 4) is 0 Å². The molecule has 1 saturated carbocycles. The van der Waals surface area contributed by atoms with Gasteiger partial charge in [0.1, 0.15) is 4.21 Å². The van der Waals surface area contributed by atoms with Crippen LogP contribution in [0.1, 0.15) is 39.0 Å². The molecule has 0 aliphatic heterocycles. The van der Waals surface area contributed by atoms with Crippen LogP contribution in [-0.2, 0) is 10.0 Å². The van der Waals surface area contributed by atoms with E-state index in [1.165, 1.54) is 12.5 Å². The van der Waals surface area contributed by atoms with E-state index in [9.17, 15) is 8.42 Å². The minimum absolute atomic E-state index is 0.0587. The fourth-order valence-electron chi connectivity index (χ4n) is 2.57. The van der Waals surface area contributed by atoms with Gasteiger partial charge in [0.2, 0.25) is 10.0 Å². The van der Waals surface area contributed by atoms with Crippen molar-refractivity contribution in [2.75, 3.05) is 0 Å². The molecule has 2 unspecified atom stereocenters. The number of rotatable bonds is 4. The smallest absolute Gasteiger partial charge is 0.207 e. The summed E-state index contributed by atoms with van der Waals surface area (Å²) in [6, 6.07) is 1.56. The number of nitrogens with one attached hydrogen (secondary N) is 1. The van der Waals surface area contributed by atoms with E-state index in [1.54, 1.807) is 0 Å². The zero-order valence-corrected chi connectivity index (χ0v) is 14.6. The standard InChI is InChI=1S/C12H17BrClNO2S2/c1-2-8-5-3-4-6-10(8)15-19(16,17)11-7-9(14)12(13)18-11/h7-8,10,15H,2-6H2,1H3. The van der Waals surface area contributed by atoms with Gasteiger partial charge in [0.25, 0.3) is 0 Å². The number of hydrogen-bond donors (Lipinski definition) is 1. The van der Waals surface area contributed by atoms with Gasteiger partial charge < -0.3 is 0 Å². The van der Waals surface area contributed by atoms with Crippen LogP contribution >= 0.6 is 38.9 Å². The first-order valence-corrected chi connectivity index (χ1v) is 9.88. The second-order valence-electron chi connectivity index (χ2n) is 4.87. The van der Waals surface area contributed by atoms with Crippen molar-refractivity contribution in [2.45, 2.75) is 49.3 Å². The molecule has 3 nitrogen and oxygen atoms in total. The maximum absolute atomic E-state index is 12.3. The van der Waals surface area contributed by atoms with Crippen molar-refractivity contribution >= 4 is 48.9 Å². The Kier molecular flexibility index (Phi) is 5.34. The van der Waals surface area contributed by atoms with Gasteiger partial charge in [-0.05, 0) is 40.8 Å². The van der Waals surface area contributed by atoms with Gasteiger partial charge >= 0.3 is 0 Å². The number of hydrogen-bond acceptors (Lipinski definition) is 3. The zero-order chi connectivity index (χ0) is 14.0. The highest BCUT2D eigenvalue weighted by atomic mass is 79.9. The molecule has 1 aromatic rings. The van der Waals surface area contributed by atoms with Crippen molar-refractivity contribution in [3.05, 3.63) is 14.9 Å². The van der Waals surface area contributed by atoms with E-state index >= 15 is 0 Å². The molecule has 0 radical (unpaired) electrons. The van der Waals surface area contributed by atoms with Crippen molar-refractivity contribution in [1.29, 1.82) is 0 Å². The predicted molar refractivity (Wildman–Crippen MR) is 83.4 cm³/mol. The summed E-state index contributed by atoms with van der Waals surface area (Å²) in [5.74, 6) is 0.447. The first kappa shape index (κ1) is 15.8. The summed E-state index contributed by atoms with van der Waals surface area (Å²) in [6.45, 7) is 2.12. The topological polar surface area (TPSA) is 46.2 Å². The van der Waals surface area contributed by atoms with Crippen molar-refractivity contribution in [2.24, 2.45) is 5.92 Å². The zero-order valence-electron chi connectivity index (χ0n) is 10.7. The van der Waals surface area contributed by atoms with Gasteiger partial charge in [-0.3, -0.25) is 0 Å². The molecule has 1 fully saturated rings. The first-order valence-electron chi connectivity index (χ1n) is 6.41.